The summed E-state index contributed by atoms with van der Waals surface area (Å²) in [4.78, 5) is 17.1. The van der Waals surface area contributed by atoms with Crippen molar-refractivity contribution in [3.8, 4) is 22.9 Å². The lowest BCUT2D eigenvalue weighted by molar-refractivity contribution is 0.0425. The van der Waals surface area contributed by atoms with Crippen molar-refractivity contribution >= 4 is 16.8 Å². The van der Waals surface area contributed by atoms with Crippen LogP contribution in [-0.2, 0) is 22.1 Å². The van der Waals surface area contributed by atoms with Gasteiger partial charge in [-0.1, -0.05) is 24.2 Å². The minimum absolute atomic E-state index is 0.136. The van der Waals surface area contributed by atoms with Gasteiger partial charge in [0, 0.05) is 11.3 Å². The molecule has 0 N–H and O–H groups in total. The Bertz CT molecular complexity index is 1030. The van der Waals surface area contributed by atoms with Crippen molar-refractivity contribution in [3.05, 3.63) is 53.9 Å². The van der Waals surface area contributed by atoms with Crippen molar-refractivity contribution < 1.29 is 27.7 Å². The van der Waals surface area contributed by atoms with E-state index in [-0.39, 0.29) is 18.1 Å². The molecule has 0 aliphatic rings. The van der Waals surface area contributed by atoms with Crippen LogP contribution < -0.4 is 9.47 Å². The first-order valence-electron chi connectivity index (χ1n) is 8.76. The second kappa shape index (κ2) is 9.33. The van der Waals surface area contributed by atoms with Gasteiger partial charge in [-0.05, 0) is 30.3 Å². The number of hydrogen-bond donors (Lipinski definition) is 0. The molecule has 1 atom stereocenters. The summed E-state index contributed by atoms with van der Waals surface area (Å²) in [5.41, 5.74) is 0.917. The van der Waals surface area contributed by atoms with Crippen LogP contribution in [0.25, 0.3) is 11.4 Å². The summed E-state index contributed by atoms with van der Waals surface area (Å²) in [7, 11) is 1.81. The number of carbonyl (C=O) groups excluding carboxylic acids is 1. The summed E-state index contributed by atoms with van der Waals surface area (Å²) in [5.74, 6) is 1.37. The molecule has 3 aromatic rings. The summed E-state index contributed by atoms with van der Waals surface area (Å²) >= 11 is 0. The molecule has 1 aromatic heterocycles. The zero-order chi connectivity index (χ0) is 20.8. The van der Waals surface area contributed by atoms with E-state index in [1.165, 1.54) is 7.11 Å². The predicted octanol–water partition coefficient (Wildman–Crippen LogP) is 3.24. The average molecular weight is 416 g/mol. The Hall–Kier alpha value is -3.20. The second-order valence-corrected chi connectivity index (χ2v) is 7.50. The lowest BCUT2D eigenvalue weighted by atomic mass is 10.2. The van der Waals surface area contributed by atoms with Gasteiger partial charge in [-0.15, -0.1) is 0 Å². The van der Waals surface area contributed by atoms with Crippen molar-refractivity contribution in [2.24, 2.45) is 0 Å². The van der Waals surface area contributed by atoms with Gasteiger partial charge in [0.1, 0.15) is 0 Å². The third-order valence-electron chi connectivity index (χ3n) is 4.05. The highest BCUT2D eigenvalue weighted by molar-refractivity contribution is 7.85. The molecule has 0 saturated carbocycles. The maximum atomic E-state index is 12.4. The SMILES string of the molecule is CCS(=O)c1ccccc1C(=O)OCc1nc(-c2ccc(OC)c(OC)c2)no1. The third kappa shape index (κ3) is 4.62. The van der Waals surface area contributed by atoms with E-state index in [2.05, 4.69) is 10.1 Å². The van der Waals surface area contributed by atoms with Crippen LogP contribution in [0.15, 0.2) is 51.9 Å². The number of carbonyl (C=O) groups is 1. The molecule has 0 radical (unpaired) electrons. The lowest BCUT2D eigenvalue weighted by Gasteiger charge is -2.07. The second-order valence-electron chi connectivity index (χ2n) is 5.79. The minimum Gasteiger partial charge on any atom is -0.493 e. The van der Waals surface area contributed by atoms with Crippen molar-refractivity contribution in [2.45, 2.75) is 18.4 Å². The van der Waals surface area contributed by atoms with Gasteiger partial charge >= 0.3 is 5.97 Å². The predicted molar refractivity (Wildman–Crippen MR) is 105 cm³/mol. The van der Waals surface area contributed by atoms with E-state index in [1.807, 2.05) is 0 Å². The standard InChI is InChI=1S/C20H20N2O6S/c1-4-29(24)17-8-6-5-7-14(17)20(23)27-12-18-21-19(22-28-18)13-9-10-15(25-2)16(11-13)26-3/h5-11H,4,12H2,1-3H3. The highest BCUT2D eigenvalue weighted by atomic mass is 32.2. The molecule has 0 amide bonds. The largest absolute Gasteiger partial charge is 0.493 e. The van der Waals surface area contributed by atoms with E-state index in [1.54, 1.807) is 56.5 Å². The highest BCUT2D eigenvalue weighted by Crippen LogP contribution is 2.31. The minimum atomic E-state index is -1.27. The fourth-order valence-corrected chi connectivity index (χ4v) is 3.54. The number of ether oxygens (including phenoxy) is 3. The normalized spacial score (nSPS) is 11.7. The Labute approximate surface area is 170 Å². The highest BCUT2D eigenvalue weighted by Gasteiger charge is 2.18. The zero-order valence-electron chi connectivity index (χ0n) is 16.2. The van der Waals surface area contributed by atoms with Gasteiger partial charge in [0.2, 0.25) is 5.82 Å². The number of esters is 1. The number of rotatable bonds is 8. The Morgan fingerprint density at radius 1 is 1.10 bits per heavy atom. The Morgan fingerprint density at radius 3 is 2.59 bits per heavy atom. The fraction of sp³-hybridized carbons (Fsp3) is 0.250. The van der Waals surface area contributed by atoms with Crippen molar-refractivity contribution in [2.75, 3.05) is 20.0 Å². The molecule has 0 spiro atoms. The smallest absolute Gasteiger partial charge is 0.339 e. The van der Waals surface area contributed by atoms with Gasteiger partial charge in [-0.25, -0.2) is 4.79 Å². The van der Waals surface area contributed by atoms with Gasteiger partial charge in [0.05, 0.1) is 35.5 Å². The molecule has 0 fully saturated rings. The van der Waals surface area contributed by atoms with Crippen LogP contribution in [0.2, 0.25) is 0 Å². The summed E-state index contributed by atoms with van der Waals surface area (Å²) in [6.45, 7) is 1.58. The molecule has 29 heavy (non-hydrogen) atoms. The molecule has 9 heteroatoms. The van der Waals surface area contributed by atoms with E-state index < -0.39 is 16.8 Å². The number of benzene rings is 2. The summed E-state index contributed by atoms with van der Waals surface area (Å²) in [6, 6.07) is 11.9. The number of nitrogens with zero attached hydrogens (tertiary/aromatic N) is 2. The summed E-state index contributed by atoms with van der Waals surface area (Å²) < 4.78 is 33.0. The quantitative estimate of drug-likeness (QED) is 0.516. The number of hydrogen-bond acceptors (Lipinski definition) is 8. The molecule has 3 rings (SSSR count). The fourth-order valence-electron chi connectivity index (χ4n) is 2.60. The van der Waals surface area contributed by atoms with Crippen molar-refractivity contribution in [1.82, 2.24) is 10.1 Å². The molecule has 8 nitrogen and oxygen atoms in total. The molecule has 1 heterocycles. The van der Waals surface area contributed by atoms with E-state index in [0.717, 1.165) is 0 Å². The van der Waals surface area contributed by atoms with E-state index in [4.69, 9.17) is 18.7 Å². The van der Waals surface area contributed by atoms with E-state index in [0.29, 0.717) is 33.5 Å². The summed E-state index contributed by atoms with van der Waals surface area (Å²) in [6.07, 6.45) is 0. The molecular weight excluding hydrogens is 396 g/mol. The zero-order valence-corrected chi connectivity index (χ0v) is 17.0. The van der Waals surface area contributed by atoms with Crippen LogP contribution in [0.4, 0.5) is 0 Å². The maximum Gasteiger partial charge on any atom is 0.339 e. The first-order valence-corrected chi connectivity index (χ1v) is 10.1. The number of methoxy groups -OCH3 is 2. The molecule has 1 unspecified atom stereocenters. The van der Waals surface area contributed by atoms with Crippen LogP contribution in [0.5, 0.6) is 11.5 Å². The molecule has 2 aromatic carbocycles. The summed E-state index contributed by atoms with van der Waals surface area (Å²) in [5, 5.41) is 3.90. The Morgan fingerprint density at radius 2 is 1.86 bits per heavy atom. The molecule has 0 bridgehead atoms. The monoisotopic (exact) mass is 416 g/mol. The topological polar surface area (TPSA) is 101 Å². The molecule has 0 saturated heterocycles. The van der Waals surface area contributed by atoms with Crippen molar-refractivity contribution in [1.29, 1.82) is 0 Å². The first-order chi connectivity index (χ1) is 14.1. The van der Waals surface area contributed by atoms with Gasteiger partial charge < -0.3 is 18.7 Å². The van der Waals surface area contributed by atoms with Crippen LogP contribution in [0.3, 0.4) is 0 Å². The van der Waals surface area contributed by atoms with E-state index in [9.17, 15) is 9.00 Å². The average Bonchev–Trinajstić information content (AvgIpc) is 3.25. The molecule has 152 valence electrons. The third-order valence-corrected chi connectivity index (χ3v) is 5.42. The molecule has 0 aliphatic carbocycles. The lowest BCUT2D eigenvalue weighted by Crippen LogP contribution is -2.10. The van der Waals surface area contributed by atoms with Crippen LogP contribution in [0, 0.1) is 0 Å². The van der Waals surface area contributed by atoms with Gasteiger partial charge in [0.15, 0.2) is 18.1 Å². The first kappa shape index (κ1) is 20.5. The van der Waals surface area contributed by atoms with Gasteiger partial charge in [-0.2, -0.15) is 4.98 Å². The Balaban J connectivity index is 1.72. The van der Waals surface area contributed by atoms with Gasteiger partial charge in [0.25, 0.3) is 5.89 Å². The number of aromatic nitrogens is 2. The maximum absolute atomic E-state index is 12.4. The molecule has 0 aliphatic heterocycles. The van der Waals surface area contributed by atoms with Crippen LogP contribution in [-0.4, -0.2) is 40.3 Å². The van der Waals surface area contributed by atoms with Crippen LogP contribution in [0.1, 0.15) is 23.2 Å². The van der Waals surface area contributed by atoms with Crippen LogP contribution >= 0.6 is 0 Å². The Kier molecular flexibility index (Phi) is 6.61. The van der Waals surface area contributed by atoms with E-state index >= 15 is 0 Å². The molecular formula is C20H20N2O6S. The van der Waals surface area contributed by atoms with Crippen molar-refractivity contribution in [3.63, 3.8) is 0 Å². The van der Waals surface area contributed by atoms with Gasteiger partial charge in [-0.3, -0.25) is 4.21 Å².